The summed E-state index contributed by atoms with van der Waals surface area (Å²) in [5.41, 5.74) is 2.88. The van der Waals surface area contributed by atoms with Gasteiger partial charge in [-0.15, -0.1) is 0 Å². The Morgan fingerprint density at radius 1 is 1.12 bits per heavy atom. The lowest BCUT2D eigenvalue weighted by Crippen LogP contribution is -2.66. The van der Waals surface area contributed by atoms with E-state index in [2.05, 4.69) is 21.6 Å². The van der Waals surface area contributed by atoms with E-state index in [0.29, 0.717) is 30.6 Å². The lowest BCUT2D eigenvalue weighted by Gasteiger charge is -2.48. The normalized spacial score (nSPS) is 30.8. The van der Waals surface area contributed by atoms with Crippen LogP contribution in [0.5, 0.6) is 0 Å². The molecule has 4 saturated heterocycles. The molecule has 0 spiro atoms. The van der Waals surface area contributed by atoms with Gasteiger partial charge in [-0.3, -0.25) is 24.6 Å². The highest BCUT2D eigenvalue weighted by molar-refractivity contribution is 6.05. The van der Waals surface area contributed by atoms with Crippen LogP contribution in [0.2, 0.25) is 0 Å². The summed E-state index contributed by atoms with van der Waals surface area (Å²) in [6.07, 6.45) is 1.98. The van der Waals surface area contributed by atoms with E-state index in [4.69, 9.17) is 0 Å². The maximum absolute atomic E-state index is 12.7. The average Bonchev–Trinajstić information content (AvgIpc) is 2.90. The highest BCUT2D eigenvalue weighted by atomic mass is 16.2. The van der Waals surface area contributed by atoms with Crippen molar-refractivity contribution in [3.8, 4) is 0 Å². The fraction of sp³-hybridized carbons (Fsp3) is 0.526. The molecular weight excluding hydrogens is 332 g/mol. The summed E-state index contributed by atoms with van der Waals surface area (Å²) in [6, 6.07) is 6.74. The van der Waals surface area contributed by atoms with Crippen LogP contribution in [0.1, 0.15) is 40.7 Å². The minimum atomic E-state index is -0.545. The summed E-state index contributed by atoms with van der Waals surface area (Å²) in [6.45, 7) is 3.50. The lowest BCUT2D eigenvalue weighted by atomic mass is 9.91. The molecule has 6 rings (SSSR count). The molecule has 1 aromatic carbocycles. The van der Waals surface area contributed by atoms with E-state index < -0.39 is 6.04 Å². The number of rotatable bonds is 3. The van der Waals surface area contributed by atoms with Gasteiger partial charge in [0.05, 0.1) is 0 Å². The van der Waals surface area contributed by atoms with Gasteiger partial charge in [-0.05, 0) is 30.0 Å². The highest BCUT2D eigenvalue weighted by Gasteiger charge is 2.39. The molecule has 1 aromatic rings. The van der Waals surface area contributed by atoms with Crippen molar-refractivity contribution in [1.82, 2.24) is 20.4 Å². The molecule has 4 fully saturated rings. The second-order valence-corrected chi connectivity index (χ2v) is 7.88. The van der Waals surface area contributed by atoms with Crippen molar-refractivity contribution in [2.24, 2.45) is 0 Å². The summed E-state index contributed by atoms with van der Waals surface area (Å²) in [4.78, 5) is 40.3. The van der Waals surface area contributed by atoms with Gasteiger partial charge in [-0.1, -0.05) is 12.1 Å². The van der Waals surface area contributed by atoms with Crippen LogP contribution in [0.25, 0.3) is 0 Å². The van der Waals surface area contributed by atoms with E-state index >= 15 is 0 Å². The van der Waals surface area contributed by atoms with E-state index in [1.54, 1.807) is 4.90 Å². The number of nitrogens with zero attached hydrogens (tertiary/aromatic N) is 2. The van der Waals surface area contributed by atoms with Gasteiger partial charge in [0, 0.05) is 50.2 Å². The van der Waals surface area contributed by atoms with Crippen LogP contribution in [0.3, 0.4) is 0 Å². The van der Waals surface area contributed by atoms with E-state index in [1.165, 1.54) is 12.0 Å². The first-order valence-corrected chi connectivity index (χ1v) is 9.32. The van der Waals surface area contributed by atoms with E-state index in [0.717, 1.165) is 25.2 Å². The molecule has 7 nitrogen and oxygen atoms in total. The second-order valence-electron chi connectivity index (χ2n) is 7.88. The quantitative estimate of drug-likeness (QED) is 0.747. The Balaban J connectivity index is 1.31. The van der Waals surface area contributed by atoms with Gasteiger partial charge in [0.1, 0.15) is 6.04 Å². The van der Waals surface area contributed by atoms with E-state index in [-0.39, 0.29) is 24.1 Å². The number of piperazine rings is 1. The summed E-state index contributed by atoms with van der Waals surface area (Å²) in [5, 5.41) is 5.88. The third-order valence-electron chi connectivity index (χ3n) is 5.99. The molecule has 2 bridgehead atoms. The number of carbonyl (C=O) groups excluding carboxylic acids is 3. The summed E-state index contributed by atoms with van der Waals surface area (Å²) in [7, 11) is 0. The Labute approximate surface area is 151 Å². The Morgan fingerprint density at radius 2 is 1.88 bits per heavy atom. The number of fused-ring (bicyclic) bond motifs is 3. The Hall–Kier alpha value is -2.25. The number of hydrogen-bond acceptors (Lipinski definition) is 5. The van der Waals surface area contributed by atoms with E-state index in [9.17, 15) is 14.4 Å². The van der Waals surface area contributed by atoms with Gasteiger partial charge >= 0.3 is 0 Å². The zero-order valence-corrected chi connectivity index (χ0v) is 14.5. The molecule has 2 N–H and O–H groups in total. The zero-order chi connectivity index (χ0) is 17.8. The minimum Gasteiger partial charge on any atom is -0.322 e. The monoisotopic (exact) mass is 354 g/mol. The smallest absolute Gasteiger partial charge is 0.255 e. The number of nitrogens with one attached hydrogen (secondary N) is 2. The highest BCUT2D eigenvalue weighted by Crippen LogP contribution is 2.29. The van der Waals surface area contributed by atoms with Crippen molar-refractivity contribution < 1.29 is 14.4 Å². The van der Waals surface area contributed by atoms with Crippen molar-refractivity contribution in [2.45, 2.75) is 50.5 Å². The standard InChI is InChI=1S/C19H22N4O3/c24-17-4-3-16(18(25)21-17)23-8-12-5-11(1-2-15(12)19(23)26)7-22-9-13-6-14(10-22)20-13/h1-2,5,13-14,16,20H,3-4,6-10H2,(H,21,24,25). The number of benzene rings is 1. The van der Waals surface area contributed by atoms with Gasteiger partial charge in [0.25, 0.3) is 5.91 Å². The molecule has 0 aliphatic carbocycles. The molecule has 26 heavy (non-hydrogen) atoms. The molecular formula is C19H22N4O3. The maximum Gasteiger partial charge on any atom is 0.255 e. The first-order valence-electron chi connectivity index (χ1n) is 9.32. The molecule has 136 valence electrons. The van der Waals surface area contributed by atoms with Crippen LogP contribution in [-0.2, 0) is 22.7 Å². The van der Waals surface area contributed by atoms with Crippen molar-refractivity contribution >= 4 is 17.7 Å². The summed E-state index contributed by atoms with van der Waals surface area (Å²) >= 11 is 0. The van der Waals surface area contributed by atoms with Gasteiger partial charge in [0.15, 0.2) is 0 Å². The fourth-order valence-corrected chi connectivity index (χ4v) is 4.72. The first-order chi connectivity index (χ1) is 12.6. The van der Waals surface area contributed by atoms with Crippen LogP contribution >= 0.6 is 0 Å². The molecule has 5 aliphatic heterocycles. The van der Waals surface area contributed by atoms with Gasteiger partial charge in [-0.2, -0.15) is 0 Å². The van der Waals surface area contributed by atoms with Crippen molar-refractivity contribution in [3.05, 3.63) is 34.9 Å². The molecule has 0 radical (unpaired) electrons. The van der Waals surface area contributed by atoms with Crippen molar-refractivity contribution in [3.63, 3.8) is 0 Å². The largest absolute Gasteiger partial charge is 0.322 e. The van der Waals surface area contributed by atoms with Gasteiger partial charge in [0.2, 0.25) is 11.8 Å². The Morgan fingerprint density at radius 3 is 2.62 bits per heavy atom. The van der Waals surface area contributed by atoms with Crippen LogP contribution in [0.15, 0.2) is 18.2 Å². The predicted octanol–water partition coefficient (Wildman–Crippen LogP) is -0.00630. The molecule has 0 aromatic heterocycles. The van der Waals surface area contributed by atoms with Crippen molar-refractivity contribution in [1.29, 1.82) is 0 Å². The molecule has 5 heterocycles. The Bertz CT molecular complexity index is 792. The SMILES string of the molecule is O=C1CCC(N2Cc3cc(CN4CC5CC(C4)N5)ccc3C2=O)C(=O)N1. The number of imide groups is 1. The lowest BCUT2D eigenvalue weighted by molar-refractivity contribution is -0.136. The summed E-state index contributed by atoms with van der Waals surface area (Å²) in [5.74, 6) is -0.723. The molecule has 3 amide bonds. The predicted molar refractivity (Wildman–Crippen MR) is 93.1 cm³/mol. The van der Waals surface area contributed by atoms with Crippen LogP contribution in [0.4, 0.5) is 0 Å². The van der Waals surface area contributed by atoms with Crippen LogP contribution in [0, 0.1) is 0 Å². The van der Waals surface area contributed by atoms with Gasteiger partial charge in [-0.25, -0.2) is 0 Å². The summed E-state index contributed by atoms with van der Waals surface area (Å²) < 4.78 is 0. The minimum absolute atomic E-state index is 0.107. The molecule has 3 unspecified atom stereocenters. The third kappa shape index (κ3) is 2.62. The topological polar surface area (TPSA) is 81.8 Å². The Kier molecular flexibility index (Phi) is 3.62. The third-order valence-corrected chi connectivity index (χ3v) is 5.99. The average molecular weight is 354 g/mol. The number of piperidine rings is 2. The van der Waals surface area contributed by atoms with Crippen molar-refractivity contribution in [2.75, 3.05) is 13.1 Å². The number of hydrogen-bond donors (Lipinski definition) is 2. The fourth-order valence-electron chi connectivity index (χ4n) is 4.72. The molecule has 3 atom stereocenters. The number of carbonyl (C=O) groups is 3. The van der Waals surface area contributed by atoms with Gasteiger partial charge < -0.3 is 10.2 Å². The first kappa shape index (κ1) is 16.0. The van der Waals surface area contributed by atoms with Crippen LogP contribution < -0.4 is 10.6 Å². The van der Waals surface area contributed by atoms with E-state index in [1.807, 2.05) is 12.1 Å². The molecule has 0 saturated carbocycles. The maximum atomic E-state index is 12.7. The number of amides is 3. The molecule has 5 aliphatic rings. The molecule has 7 heteroatoms. The second kappa shape index (κ2) is 5.89. The zero-order valence-electron chi connectivity index (χ0n) is 14.5. The van der Waals surface area contributed by atoms with Crippen LogP contribution in [-0.4, -0.2) is 58.7 Å².